The summed E-state index contributed by atoms with van der Waals surface area (Å²) in [4.78, 5) is 16.6. The molecule has 3 aromatic rings. The van der Waals surface area contributed by atoms with E-state index in [0.29, 0.717) is 11.1 Å². The van der Waals surface area contributed by atoms with Crippen molar-refractivity contribution in [2.75, 3.05) is 7.05 Å². The van der Waals surface area contributed by atoms with Gasteiger partial charge in [-0.3, -0.25) is 0 Å². The Morgan fingerprint density at radius 2 is 1.93 bits per heavy atom. The highest BCUT2D eigenvalue weighted by Crippen LogP contribution is 2.19. The van der Waals surface area contributed by atoms with Gasteiger partial charge >= 0.3 is 5.97 Å². The number of fused-ring (bicyclic) bond motifs is 1. The minimum Gasteiger partial charge on any atom is -0.452 e. The number of esters is 1. The third-order valence-corrected chi connectivity index (χ3v) is 6.17. The maximum Gasteiger partial charge on any atom is 0.338 e. The van der Waals surface area contributed by atoms with Crippen LogP contribution in [0.1, 0.15) is 30.1 Å². The van der Waals surface area contributed by atoms with Crippen LogP contribution in [0.25, 0.3) is 11.1 Å². The third kappa shape index (κ3) is 4.01. The normalized spacial score (nSPS) is 12.0. The number of nitrogens with zero attached hydrogens (tertiary/aromatic N) is 2. The molecule has 2 aromatic carbocycles. The van der Waals surface area contributed by atoms with E-state index in [9.17, 15) is 13.2 Å². The Balaban J connectivity index is 1.75. The molecule has 0 fully saturated rings. The fraction of sp³-hybridized carbons (Fsp3) is 0.263. The lowest BCUT2D eigenvalue weighted by molar-refractivity contribution is 0.0440. The molecule has 1 heterocycles. The number of aromatic nitrogens is 1. The summed E-state index contributed by atoms with van der Waals surface area (Å²) >= 11 is 0. The van der Waals surface area contributed by atoms with Crippen LogP contribution in [0.15, 0.2) is 57.8 Å². The first-order valence-corrected chi connectivity index (χ1v) is 9.82. The zero-order valence-corrected chi connectivity index (χ0v) is 16.1. The maximum atomic E-state index is 12.6. The van der Waals surface area contributed by atoms with E-state index < -0.39 is 16.0 Å². The van der Waals surface area contributed by atoms with Crippen molar-refractivity contribution in [3.63, 3.8) is 0 Å². The predicted octanol–water partition coefficient (Wildman–Crippen LogP) is 3.21. The molecule has 0 atom stereocenters. The van der Waals surface area contributed by atoms with Crippen molar-refractivity contribution in [3.05, 3.63) is 60.0 Å². The number of benzene rings is 2. The summed E-state index contributed by atoms with van der Waals surface area (Å²) in [5.74, 6) is -0.380. The fourth-order valence-electron chi connectivity index (χ4n) is 2.42. The van der Waals surface area contributed by atoms with E-state index in [1.165, 1.54) is 35.6 Å². The Labute approximate surface area is 157 Å². The van der Waals surface area contributed by atoms with E-state index in [1.54, 1.807) is 26.0 Å². The molecule has 7 nitrogen and oxygen atoms in total. The molecule has 0 spiro atoms. The number of sulfonamides is 1. The molecule has 0 unspecified atom stereocenters. The van der Waals surface area contributed by atoms with Crippen LogP contribution in [0.2, 0.25) is 0 Å². The van der Waals surface area contributed by atoms with Crippen molar-refractivity contribution in [3.8, 4) is 0 Å². The molecule has 0 saturated carbocycles. The summed E-state index contributed by atoms with van der Waals surface area (Å²) in [6.07, 6.45) is 0. The number of oxazole rings is 1. The summed E-state index contributed by atoms with van der Waals surface area (Å²) in [6, 6.07) is 12.8. The highest BCUT2D eigenvalue weighted by Gasteiger charge is 2.24. The average molecular weight is 388 g/mol. The zero-order chi connectivity index (χ0) is 19.6. The molecule has 1 aromatic heterocycles. The quantitative estimate of drug-likeness (QED) is 0.602. The van der Waals surface area contributed by atoms with Gasteiger partial charge in [-0.25, -0.2) is 18.2 Å². The molecule has 0 radical (unpaired) electrons. The lowest BCUT2D eigenvalue weighted by atomic mass is 10.2. The van der Waals surface area contributed by atoms with Crippen LogP contribution >= 0.6 is 0 Å². The second-order valence-electron chi connectivity index (χ2n) is 6.29. The monoisotopic (exact) mass is 388 g/mol. The number of hydrogen-bond acceptors (Lipinski definition) is 6. The van der Waals surface area contributed by atoms with Crippen LogP contribution in [0.5, 0.6) is 0 Å². The van der Waals surface area contributed by atoms with Gasteiger partial charge in [0.25, 0.3) is 0 Å². The predicted molar refractivity (Wildman–Crippen MR) is 99.7 cm³/mol. The average Bonchev–Trinajstić information content (AvgIpc) is 3.08. The zero-order valence-electron chi connectivity index (χ0n) is 15.2. The number of hydrogen-bond donors (Lipinski definition) is 0. The molecule has 0 bridgehead atoms. The summed E-state index contributed by atoms with van der Waals surface area (Å²) in [5, 5.41) is 0. The maximum absolute atomic E-state index is 12.6. The molecular formula is C19H20N2O5S. The van der Waals surface area contributed by atoms with Gasteiger partial charge in [-0.1, -0.05) is 18.2 Å². The lowest BCUT2D eigenvalue weighted by Crippen LogP contribution is -2.33. The van der Waals surface area contributed by atoms with Gasteiger partial charge in [0.05, 0.1) is 10.5 Å². The van der Waals surface area contributed by atoms with Crippen LogP contribution in [0, 0.1) is 0 Å². The van der Waals surface area contributed by atoms with Crippen LogP contribution in [0.4, 0.5) is 0 Å². The summed E-state index contributed by atoms with van der Waals surface area (Å²) in [7, 11) is -2.19. The summed E-state index contributed by atoms with van der Waals surface area (Å²) in [5.41, 5.74) is 1.42. The van der Waals surface area contributed by atoms with Crippen molar-refractivity contribution in [2.24, 2.45) is 0 Å². The Hall–Kier alpha value is -2.71. The number of ether oxygens (including phenoxy) is 1. The molecule has 8 heteroatoms. The van der Waals surface area contributed by atoms with Gasteiger partial charge in [0.2, 0.25) is 15.9 Å². The number of carbonyl (C=O) groups excluding carboxylic acids is 1. The van der Waals surface area contributed by atoms with Crippen molar-refractivity contribution in [1.82, 2.24) is 9.29 Å². The van der Waals surface area contributed by atoms with Gasteiger partial charge in [0.1, 0.15) is 5.52 Å². The fourth-order valence-corrected chi connectivity index (χ4v) is 3.83. The van der Waals surface area contributed by atoms with E-state index in [2.05, 4.69) is 4.98 Å². The number of rotatable bonds is 6. The van der Waals surface area contributed by atoms with E-state index >= 15 is 0 Å². The number of para-hydroxylation sites is 2. The lowest BCUT2D eigenvalue weighted by Gasteiger charge is -2.21. The summed E-state index contributed by atoms with van der Waals surface area (Å²) in [6.45, 7) is 3.41. The second kappa shape index (κ2) is 7.50. The van der Waals surface area contributed by atoms with Crippen LogP contribution in [0.3, 0.4) is 0 Å². The first-order chi connectivity index (χ1) is 12.8. The Kier molecular flexibility index (Phi) is 5.29. The Morgan fingerprint density at radius 1 is 1.19 bits per heavy atom. The van der Waals surface area contributed by atoms with Gasteiger partial charge < -0.3 is 9.15 Å². The molecule has 0 N–H and O–H groups in total. The third-order valence-electron chi connectivity index (χ3n) is 4.14. The van der Waals surface area contributed by atoms with Crippen LogP contribution in [-0.4, -0.2) is 36.8 Å². The minimum absolute atomic E-state index is 0.0370. The van der Waals surface area contributed by atoms with Crippen molar-refractivity contribution in [2.45, 2.75) is 31.4 Å². The molecule has 142 valence electrons. The van der Waals surface area contributed by atoms with Crippen molar-refractivity contribution < 1.29 is 22.4 Å². The Morgan fingerprint density at radius 3 is 2.63 bits per heavy atom. The molecule has 0 saturated heterocycles. The molecule has 27 heavy (non-hydrogen) atoms. The van der Waals surface area contributed by atoms with Gasteiger partial charge in [-0.2, -0.15) is 4.31 Å². The Bertz CT molecular complexity index is 1040. The highest BCUT2D eigenvalue weighted by molar-refractivity contribution is 7.89. The van der Waals surface area contributed by atoms with Crippen molar-refractivity contribution >= 4 is 27.1 Å². The SMILES string of the molecule is CC(C)N(C)S(=O)(=O)c1cccc(C(=O)OCc2nc3ccccc3o2)c1. The van der Waals surface area contributed by atoms with E-state index in [4.69, 9.17) is 9.15 Å². The van der Waals surface area contributed by atoms with Crippen LogP contribution < -0.4 is 0 Å². The first kappa shape index (κ1) is 19.1. The van der Waals surface area contributed by atoms with Gasteiger partial charge in [-0.05, 0) is 44.2 Å². The molecule has 3 rings (SSSR count). The van der Waals surface area contributed by atoms with Crippen LogP contribution in [-0.2, 0) is 21.4 Å². The van der Waals surface area contributed by atoms with Gasteiger partial charge in [-0.15, -0.1) is 0 Å². The summed E-state index contributed by atoms with van der Waals surface area (Å²) < 4.78 is 37.1. The molecule has 0 amide bonds. The van der Waals surface area contributed by atoms with E-state index in [1.807, 2.05) is 12.1 Å². The molecular weight excluding hydrogens is 368 g/mol. The second-order valence-corrected chi connectivity index (χ2v) is 8.29. The minimum atomic E-state index is -3.68. The highest BCUT2D eigenvalue weighted by atomic mass is 32.2. The van der Waals surface area contributed by atoms with Gasteiger partial charge in [0.15, 0.2) is 12.2 Å². The smallest absolute Gasteiger partial charge is 0.338 e. The molecule has 0 aliphatic heterocycles. The van der Waals surface area contributed by atoms with E-state index in [-0.39, 0.29) is 29.0 Å². The van der Waals surface area contributed by atoms with E-state index in [0.717, 1.165) is 0 Å². The number of carbonyl (C=O) groups is 1. The van der Waals surface area contributed by atoms with Crippen molar-refractivity contribution in [1.29, 1.82) is 0 Å². The molecule has 0 aliphatic carbocycles. The standard InChI is InChI=1S/C19H20N2O5S/c1-13(2)21(3)27(23,24)15-8-6-7-14(11-15)19(22)25-12-18-20-16-9-4-5-10-17(16)26-18/h4-11,13H,12H2,1-3H3. The van der Waals surface area contributed by atoms with Gasteiger partial charge in [0, 0.05) is 13.1 Å². The first-order valence-electron chi connectivity index (χ1n) is 8.38. The topological polar surface area (TPSA) is 89.7 Å². The molecule has 0 aliphatic rings. The largest absolute Gasteiger partial charge is 0.452 e.